The quantitative estimate of drug-likeness (QED) is 0.499. The van der Waals surface area contributed by atoms with Crippen molar-refractivity contribution >= 4 is 83.3 Å². The van der Waals surface area contributed by atoms with Gasteiger partial charge in [0.15, 0.2) is 0 Å². The van der Waals surface area contributed by atoms with Crippen molar-refractivity contribution in [3.05, 3.63) is 0 Å². The Morgan fingerprint density at radius 1 is 0.833 bits per heavy atom. The summed E-state index contributed by atoms with van der Waals surface area (Å²) in [5, 5.41) is 0. The molecule has 0 spiro atoms. The van der Waals surface area contributed by atoms with E-state index in [2.05, 4.69) is 53.7 Å². The summed E-state index contributed by atoms with van der Waals surface area (Å²) in [4.78, 5) is 0. The average Bonchev–Trinajstić information content (AvgIpc) is 0.722. The van der Waals surface area contributed by atoms with Crippen LogP contribution in [0, 0.1) is 0 Å². The fraction of sp³-hybridized carbons (Fsp3) is 0. The molecular formula is HBr4NaPd. The molecule has 0 saturated heterocycles. The summed E-state index contributed by atoms with van der Waals surface area (Å²) in [5.41, 5.74) is 0. The van der Waals surface area contributed by atoms with Crippen molar-refractivity contribution in [3.8, 4) is 0 Å². The van der Waals surface area contributed by atoms with E-state index in [1.165, 1.54) is 0 Å². The van der Waals surface area contributed by atoms with Crippen LogP contribution in [0.1, 0.15) is 0 Å². The van der Waals surface area contributed by atoms with Crippen LogP contribution < -0.4 is 0 Å². The zero-order valence-corrected chi connectivity index (χ0v) is 9.73. The zero-order valence-electron chi connectivity index (χ0n) is 1.83. The van der Waals surface area contributed by atoms with Crippen LogP contribution in [0.25, 0.3) is 0 Å². The monoisotopic (exact) mass is 446 g/mol. The van der Waals surface area contributed by atoms with Gasteiger partial charge in [-0.2, -0.15) is 0 Å². The summed E-state index contributed by atoms with van der Waals surface area (Å²) in [5.74, 6) is 0. The first-order chi connectivity index (χ1) is 2.00. The van der Waals surface area contributed by atoms with Gasteiger partial charge >= 0.3 is 90.7 Å². The molecule has 6 heteroatoms. The van der Waals surface area contributed by atoms with Gasteiger partial charge < -0.3 is 0 Å². The standard InChI is InChI=1S/4BrH.Na.Pd.H/h4*1H;;;/q;;;;;+4;/p-4. The predicted octanol–water partition coefficient (Wildman–Crippen LogP) is 2.73. The third kappa shape index (κ3) is 25.6. The van der Waals surface area contributed by atoms with E-state index in [0.717, 1.165) is 0 Å². The van der Waals surface area contributed by atoms with Crippen LogP contribution in [0.5, 0.6) is 0 Å². The molecule has 0 N–H and O–H groups in total. The molecule has 0 atom stereocenters. The fourth-order valence-electron chi connectivity index (χ4n) is 0. The summed E-state index contributed by atoms with van der Waals surface area (Å²) in [6, 6.07) is 0. The molecule has 6 heavy (non-hydrogen) atoms. The molecule has 0 bridgehead atoms. The van der Waals surface area contributed by atoms with Crippen molar-refractivity contribution in [2.45, 2.75) is 0 Å². The molecule has 0 rings (SSSR count). The molecule has 0 amide bonds. The van der Waals surface area contributed by atoms with Gasteiger partial charge in [0.05, 0.1) is 0 Å². The maximum atomic E-state index is 3.28. The second-order valence-corrected chi connectivity index (χ2v) is 43.3. The van der Waals surface area contributed by atoms with Gasteiger partial charge in [0.1, 0.15) is 0 Å². The number of hydrogen-bond acceptors (Lipinski definition) is 0. The van der Waals surface area contributed by atoms with Crippen molar-refractivity contribution in [2.75, 3.05) is 0 Å². The van der Waals surface area contributed by atoms with E-state index >= 15 is 0 Å². The molecule has 0 aromatic heterocycles. The third-order valence-electron chi connectivity index (χ3n) is 0. The van der Waals surface area contributed by atoms with Crippen LogP contribution in [0.15, 0.2) is 0 Å². The van der Waals surface area contributed by atoms with E-state index in [0.29, 0.717) is 0 Å². The third-order valence-corrected chi connectivity index (χ3v) is 0. The van der Waals surface area contributed by atoms with Crippen molar-refractivity contribution in [3.63, 3.8) is 0 Å². The van der Waals surface area contributed by atoms with Crippen LogP contribution in [0.2, 0.25) is 0 Å². The average molecular weight is 450 g/mol. The number of hydrogen-bond donors (Lipinski definition) is 0. The van der Waals surface area contributed by atoms with E-state index in [1.54, 1.807) is 0 Å². The van der Waals surface area contributed by atoms with E-state index < -0.39 is 7.47 Å². The van der Waals surface area contributed by atoms with Gasteiger partial charge in [0.2, 0.25) is 0 Å². The number of rotatable bonds is 0. The zero-order chi connectivity index (χ0) is 4.50. The van der Waals surface area contributed by atoms with Gasteiger partial charge in [0, 0.05) is 0 Å². The molecule has 40 valence electrons. The van der Waals surface area contributed by atoms with E-state index in [-0.39, 0.29) is 29.6 Å². The maximum absolute atomic E-state index is 3.28. The molecule has 0 aromatic carbocycles. The van der Waals surface area contributed by atoms with Crippen molar-refractivity contribution in [2.24, 2.45) is 0 Å². The first-order valence-corrected chi connectivity index (χ1v) is 14.7. The summed E-state index contributed by atoms with van der Waals surface area (Å²) in [6.07, 6.45) is 0. The van der Waals surface area contributed by atoms with Crippen molar-refractivity contribution < 1.29 is 7.47 Å². The molecule has 0 aliphatic carbocycles. The van der Waals surface area contributed by atoms with Gasteiger partial charge in [-0.1, -0.05) is 0 Å². The Morgan fingerprint density at radius 3 is 0.833 bits per heavy atom. The van der Waals surface area contributed by atoms with Gasteiger partial charge in [0.25, 0.3) is 0 Å². The second kappa shape index (κ2) is 5.37. The van der Waals surface area contributed by atoms with Crippen LogP contribution >= 0.6 is 53.7 Å². The van der Waals surface area contributed by atoms with Crippen LogP contribution in [-0.4, -0.2) is 29.6 Å². The molecule has 0 unspecified atom stereocenters. The summed E-state index contributed by atoms with van der Waals surface area (Å²) in [7, 11) is -1.45. The Kier molecular flexibility index (Phi) is 11.0. The molecule has 0 radical (unpaired) electrons. The van der Waals surface area contributed by atoms with Crippen molar-refractivity contribution in [1.29, 1.82) is 0 Å². The summed E-state index contributed by atoms with van der Waals surface area (Å²) < 4.78 is 0. The fourth-order valence-corrected chi connectivity index (χ4v) is 0. The normalized spacial score (nSPS) is 12.7. The SMILES string of the molecule is [Br][Pd]([Br])([Br])[Br].[NaH]. The Labute approximate surface area is 88.5 Å². The molecule has 0 saturated carbocycles. The molecular weight excluding hydrogens is 449 g/mol. The van der Waals surface area contributed by atoms with E-state index in [1.807, 2.05) is 0 Å². The summed E-state index contributed by atoms with van der Waals surface area (Å²) in [6.45, 7) is 0. The first kappa shape index (κ1) is 12.3. The van der Waals surface area contributed by atoms with Gasteiger partial charge in [-0.25, -0.2) is 0 Å². The van der Waals surface area contributed by atoms with E-state index in [4.69, 9.17) is 0 Å². The molecule has 0 aromatic rings. The molecule has 0 aliphatic heterocycles. The van der Waals surface area contributed by atoms with Crippen molar-refractivity contribution in [1.82, 2.24) is 0 Å². The Balaban J connectivity index is 0. The Hall–Kier alpha value is 3.58. The molecule has 0 aliphatic rings. The van der Waals surface area contributed by atoms with Gasteiger partial charge in [-0.3, -0.25) is 0 Å². The van der Waals surface area contributed by atoms with Crippen LogP contribution in [-0.2, 0) is 7.47 Å². The minimum absolute atomic E-state index is 0. The topological polar surface area (TPSA) is 0 Å². The Bertz CT molecular complexity index is 23.0. The molecule has 0 heterocycles. The summed E-state index contributed by atoms with van der Waals surface area (Å²) >= 11 is 13.1. The Morgan fingerprint density at radius 2 is 0.833 bits per heavy atom. The van der Waals surface area contributed by atoms with E-state index in [9.17, 15) is 0 Å². The number of halogens is 4. The second-order valence-electron chi connectivity index (χ2n) is 0.271. The minimum atomic E-state index is -1.45. The van der Waals surface area contributed by atoms with Gasteiger partial charge in [-0.05, 0) is 0 Å². The first-order valence-electron chi connectivity index (χ1n) is 0.478. The molecule has 0 nitrogen and oxygen atoms in total. The van der Waals surface area contributed by atoms with Crippen LogP contribution in [0.3, 0.4) is 0 Å². The van der Waals surface area contributed by atoms with Gasteiger partial charge in [-0.15, -0.1) is 0 Å². The van der Waals surface area contributed by atoms with Crippen LogP contribution in [0.4, 0.5) is 0 Å². The molecule has 0 fully saturated rings. The predicted molar refractivity (Wildman–Crippen MR) is 42.9 cm³/mol.